The number of pyridine rings is 1. The summed E-state index contributed by atoms with van der Waals surface area (Å²) in [5.41, 5.74) is 2.86. The van der Waals surface area contributed by atoms with Crippen molar-refractivity contribution in [2.75, 3.05) is 36.4 Å². The second-order valence-corrected chi connectivity index (χ2v) is 9.57. The molecule has 0 bridgehead atoms. The molecular weight excluding hydrogens is 392 g/mol. The van der Waals surface area contributed by atoms with Gasteiger partial charge in [-0.2, -0.15) is 0 Å². The monoisotopic (exact) mass is 422 g/mol. The van der Waals surface area contributed by atoms with E-state index < -0.39 is 5.60 Å². The molecule has 2 aliphatic heterocycles. The zero-order chi connectivity index (χ0) is 22.2. The van der Waals surface area contributed by atoms with Crippen molar-refractivity contribution < 1.29 is 14.3 Å². The van der Waals surface area contributed by atoms with E-state index in [0.717, 1.165) is 30.0 Å². The minimum Gasteiger partial charge on any atom is -0.444 e. The van der Waals surface area contributed by atoms with Gasteiger partial charge in [0, 0.05) is 49.9 Å². The number of nitrogens with one attached hydrogen (secondary N) is 1. The van der Waals surface area contributed by atoms with Gasteiger partial charge in [0.05, 0.1) is 17.4 Å². The fraction of sp³-hybridized carbons (Fsp3) is 0.458. The van der Waals surface area contributed by atoms with Crippen LogP contribution in [0.1, 0.15) is 36.7 Å². The number of fused-ring (bicyclic) bond motifs is 1. The van der Waals surface area contributed by atoms with Crippen LogP contribution in [-0.2, 0) is 4.74 Å². The summed E-state index contributed by atoms with van der Waals surface area (Å²) in [6.07, 6.45) is 3.16. The fourth-order valence-electron chi connectivity index (χ4n) is 4.33. The molecule has 7 heteroatoms. The first-order valence-electron chi connectivity index (χ1n) is 10.7. The van der Waals surface area contributed by atoms with Gasteiger partial charge in [-0.05, 0) is 51.5 Å². The molecule has 2 atom stereocenters. The normalized spacial score (nSPS) is 20.5. The van der Waals surface area contributed by atoms with Gasteiger partial charge in [0.15, 0.2) is 0 Å². The van der Waals surface area contributed by atoms with Crippen LogP contribution in [0.5, 0.6) is 0 Å². The van der Waals surface area contributed by atoms with Crippen molar-refractivity contribution in [2.24, 2.45) is 11.8 Å². The van der Waals surface area contributed by atoms with Crippen LogP contribution < -0.4 is 10.2 Å². The van der Waals surface area contributed by atoms with Crippen molar-refractivity contribution in [3.63, 3.8) is 0 Å². The topological polar surface area (TPSA) is 74.8 Å². The summed E-state index contributed by atoms with van der Waals surface area (Å²) in [7, 11) is 0. The van der Waals surface area contributed by atoms with Crippen molar-refractivity contribution in [1.82, 2.24) is 9.88 Å². The number of nitrogens with zero attached hydrogens (tertiary/aromatic N) is 3. The third-order valence-corrected chi connectivity index (χ3v) is 5.77. The van der Waals surface area contributed by atoms with Crippen LogP contribution in [0, 0.1) is 18.8 Å². The van der Waals surface area contributed by atoms with Gasteiger partial charge in [-0.15, -0.1) is 0 Å². The predicted octanol–water partition coefficient (Wildman–Crippen LogP) is 3.95. The fourth-order valence-corrected chi connectivity index (χ4v) is 4.33. The molecular formula is C24H30N4O3. The zero-order valence-corrected chi connectivity index (χ0v) is 18.6. The van der Waals surface area contributed by atoms with Gasteiger partial charge < -0.3 is 19.9 Å². The number of aryl methyl sites for hydroxylation is 1. The van der Waals surface area contributed by atoms with Crippen molar-refractivity contribution in [1.29, 1.82) is 0 Å². The van der Waals surface area contributed by atoms with Crippen LogP contribution in [0.15, 0.2) is 42.7 Å². The van der Waals surface area contributed by atoms with Crippen molar-refractivity contribution in [3.8, 4) is 0 Å². The number of carbonyl (C=O) groups is 2. The summed E-state index contributed by atoms with van der Waals surface area (Å²) >= 11 is 0. The number of hydrogen-bond acceptors (Lipinski definition) is 5. The average Bonchev–Trinajstić information content (AvgIpc) is 3.26. The first-order chi connectivity index (χ1) is 14.7. The molecule has 3 heterocycles. The number of rotatable bonds is 3. The van der Waals surface area contributed by atoms with Gasteiger partial charge >= 0.3 is 6.09 Å². The van der Waals surface area contributed by atoms with E-state index in [1.165, 1.54) is 0 Å². The smallest absolute Gasteiger partial charge is 0.410 e. The zero-order valence-electron chi connectivity index (χ0n) is 18.6. The molecule has 1 N–H and O–H groups in total. The third kappa shape index (κ3) is 4.98. The lowest BCUT2D eigenvalue weighted by molar-refractivity contribution is 0.0282. The second kappa shape index (κ2) is 8.21. The average molecular weight is 423 g/mol. The molecule has 2 fully saturated rings. The number of carbonyl (C=O) groups excluding carboxylic acids is 2. The number of likely N-dealkylation sites (tertiary alicyclic amines) is 1. The molecule has 7 nitrogen and oxygen atoms in total. The van der Waals surface area contributed by atoms with Gasteiger partial charge in [-0.25, -0.2) is 4.79 Å². The van der Waals surface area contributed by atoms with Crippen LogP contribution in [0.25, 0.3) is 0 Å². The Labute approximate surface area is 183 Å². The lowest BCUT2D eigenvalue weighted by Gasteiger charge is -2.26. The third-order valence-electron chi connectivity index (χ3n) is 5.77. The van der Waals surface area contributed by atoms with Gasteiger partial charge in [-0.3, -0.25) is 9.78 Å². The Hall–Kier alpha value is -3.09. The highest BCUT2D eigenvalue weighted by Gasteiger charge is 2.42. The van der Waals surface area contributed by atoms with Crippen LogP contribution in [-0.4, -0.2) is 53.7 Å². The number of benzene rings is 1. The van der Waals surface area contributed by atoms with E-state index in [-0.39, 0.29) is 12.0 Å². The van der Waals surface area contributed by atoms with E-state index >= 15 is 0 Å². The molecule has 0 saturated carbocycles. The highest BCUT2D eigenvalue weighted by molar-refractivity contribution is 6.04. The Morgan fingerprint density at radius 3 is 2.42 bits per heavy atom. The highest BCUT2D eigenvalue weighted by atomic mass is 16.6. The van der Waals surface area contributed by atoms with Gasteiger partial charge in [0.25, 0.3) is 5.91 Å². The maximum atomic E-state index is 12.7. The van der Waals surface area contributed by atoms with E-state index in [4.69, 9.17) is 4.74 Å². The first-order valence-corrected chi connectivity index (χ1v) is 10.7. The van der Waals surface area contributed by atoms with E-state index in [9.17, 15) is 9.59 Å². The Kier molecular flexibility index (Phi) is 5.60. The molecule has 4 rings (SSSR count). The lowest BCUT2D eigenvalue weighted by atomic mass is 10.0. The first kappa shape index (κ1) is 21.2. The number of hydrogen-bond donors (Lipinski definition) is 1. The van der Waals surface area contributed by atoms with E-state index in [2.05, 4.69) is 15.2 Å². The minimum absolute atomic E-state index is 0.171. The summed E-state index contributed by atoms with van der Waals surface area (Å²) in [6, 6.07) is 9.62. The summed E-state index contributed by atoms with van der Waals surface area (Å²) in [6.45, 7) is 10.7. The number of ether oxygens (including phenoxy) is 1. The SMILES string of the molecule is Cc1cccc(NC(=O)c2cncc(N3CC4CN(C(=O)OC(C)(C)C)CC4C3)c2)c1. The van der Waals surface area contributed by atoms with Gasteiger partial charge in [0.1, 0.15) is 5.60 Å². The minimum atomic E-state index is -0.480. The summed E-state index contributed by atoms with van der Waals surface area (Å²) in [4.78, 5) is 33.4. The number of amides is 2. The summed E-state index contributed by atoms with van der Waals surface area (Å²) in [5.74, 6) is 0.630. The molecule has 0 aliphatic carbocycles. The molecule has 2 saturated heterocycles. The van der Waals surface area contributed by atoms with Crippen molar-refractivity contribution >= 4 is 23.4 Å². The van der Waals surface area contributed by atoms with E-state index in [1.807, 2.05) is 62.9 Å². The largest absolute Gasteiger partial charge is 0.444 e. The maximum Gasteiger partial charge on any atom is 0.410 e. The number of aromatic nitrogens is 1. The molecule has 0 spiro atoms. The van der Waals surface area contributed by atoms with Gasteiger partial charge in [0.2, 0.25) is 0 Å². The molecule has 2 amide bonds. The molecule has 2 unspecified atom stereocenters. The molecule has 2 aliphatic rings. The Balaban J connectivity index is 1.38. The Bertz CT molecular complexity index is 971. The molecule has 31 heavy (non-hydrogen) atoms. The van der Waals surface area contributed by atoms with Crippen LogP contribution in [0.4, 0.5) is 16.2 Å². The standard InChI is InChI=1S/C24H30N4O3/c1-16-6-5-7-20(8-16)26-22(29)17-9-21(11-25-10-17)27-12-18-14-28(15-19(18)13-27)23(30)31-24(2,3)4/h5-11,18-19H,12-15H2,1-4H3,(H,26,29). The quantitative estimate of drug-likeness (QED) is 0.811. The van der Waals surface area contributed by atoms with E-state index in [1.54, 1.807) is 12.4 Å². The van der Waals surface area contributed by atoms with Crippen LogP contribution in [0.2, 0.25) is 0 Å². The lowest BCUT2D eigenvalue weighted by Crippen LogP contribution is -2.37. The molecule has 164 valence electrons. The Morgan fingerprint density at radius 2 is 1.77 bits per heavy atom. The molecule has 1 aromatic carbocycles. The predicted molar refractivity (Wildman–Crippen MR) is 120 cm³/mol. The number of anilines is 2. The van der Waals surface area contributed by atoms with Gasteiger partial charge in [-0.1, -0.05) is 12.1 Å². The summed E-state index contributed by atoms with van der Waals surface area (Å²) < 4.78 is 5.52. The maximum absolute atomic E-state index is 12.7. The van der Waals surface area contributed by atoms with Crippen molar-refractivity contribution in [2.45, 2.75) is 33.3 Å². The highest BCUT2D eigenvalue weighted by Crippen LogP contribution is 2.34. The van der Waals surface area contributed by atoms with Crippen LogP contribution in [0.3, 0.4) is 0 Å². The Morgan fingerprint density at radius 1 is 1.06 bits per heavy atom. The second-order valence-electron chi connectivity index (χ2n) is 9.57. The van der Waals surface area contributed by atoms with Crippen LogP contribution >= 0.6 is 0 Å². The van der Waals surface area contributed by atoms with E-state index in [0.29, 0.717) is 30.5 Å². The summed E-state index contributed by atoms with van der Waals surface area (Å²) in [5, 5.41) is 2.94. The molecule has 0 radical (unpaired) electrons. The molecule has 1 aromatic heterocycles. The van der Waals surface area contributed by atoms with Crippen molar-refractivity contribution in [3.05, 3.63) is 53.9 Å². The molecule has 2 aromatic rings.